The molecule has 2 rings (SSSR count). The summed E-state index contributed by atoms with van der Waals surface area (Å²) in [6, 6.07) is 10.9. The molecule has 0 bridgehead atoms. The molecule has 1 unspecified atom stereocenters. The molecule has 228 valence electrons. The third kappa shape index (κ3) is 11.6. The number of nitrogens with two attached hydrogens (primary N) is 1. The van der Waals surface area contributed by atoms with Crippen LogP contribution in [0.5, 0.6) is 5.75 Å². The summed E-state index contributed by atoms with van der Waals surface area (Å²) in [7, 11) is 0. The van der Waals surface area contributed by atoms with Crippen molar-refractivity contribution in [3.63, 3.8) is 0 Å². The summed E-state index contributed by atoms with van der Waals surface area (Å²) < 4.78 is 5.21. The average molecular weight is 585 g/mol. The minimum Gasteiger partial charge on any atom is -0.508 e. The fraction of sp³-hybridized carbons (Fsp3) is 0.433. The van der Waals surface area contributed by atoms with Crippen LogP contribution >= 0.6 is 0 Å². The molecule has 7 N–H and O–H groups in total. The predicted octanol–water partition coefficient (Wildman–Crippen LogP) is 1.39. The molecule has 4 atom stereocenters. The number of nitrogens with one attached hydrogen (secondary N) is 3. The third-order valence-corrected chi connectivity index (χ3v) is 6.47. The van der Waals surface area contributed by atoms with Gasteiger partial charge in [-0.2, -0.15) is 0 Å². The molecule has 0 fully saturated rings. The molecule has 12 nitrogen and oxygen atoms in total. The number of carbonyl (C=O) groups excluding carboxylic acids is 4. The maximum atomic E-state index is 13.1. The average Bonchev–Trinajstić information content (AvgIpc) is 2.94. The Morgan fingerprint density at radius 2 is 1.48 bits per heavy atom. The number of ether oxygens (including phenoxy) is 1. The molecule has 0 saturated carbocycles. The second-order valence-corrected chi connectivity index (χ2v) is 10.4. The standard InChI is InChI=1S/C30H40N4O8/c1-18(2)26(34-27(37)25(32-19(3)35)16-20-12-14-22(36)15-13-20)28(38)33-24(29(39)40)11-7-10-23(31)30(41)42-17-21-8-5-4-6-9-21/h4-6,8-9,12-15,18,23-26,36H,7,10-11,16-17,31H2,1-3H3,(H,32,35)(H,33,38)(H,34,37)(H,39,40)/t23?,24-,25-,26-/m0/s1. The lowest BCUT2D eigenvalue weighted by molar-refractivity contribution is -0.146. The maximum absolute atomic E-state index is 13.1. The van der Waals surface area contributed by atoms with Crippen molar-refractivity contribution in [2.24, 2.45) is 11.7 Å². The summed E-state index contributed by atoms with van der Waals surface area (Å²) in [5, 5.41) is 26.8. The molecule has 0 radical (unpaired) electrons. The van der Waals surface area contributed by atoms with Gasteiger partial charge in [0.05, 0.1) is 0 Å². The van der Waals surface area contributed by atoms with Crippen LogP contribution in [0, 0.1) is 5.92 Å². The highest BCUT2D eigenvalue weighted by Gasteiger charge is 2.31. The van der Waals surface area contributed by atoms with E-state index in [2.05, 4.69) is 16.0 Å². The molecule has 0 aromatic heterocycles. The van der Waals surface area contributed by atoms with E-state index in [9.17, 15) is 34.2 Å². The van der Waals surface area contributed by atoms with Gasteiger partial charge in [0.25, 0.3) is 0 Å². The molecule has 42 heavy (non-hydrogen) atoms. The Morgan fingerprint density at radius 1 is 0.833 bits per heavy atom. The smallest absolute Gasteiger partial charge is 0.326 e. The molecule has 0 saturated heterocycles. The SMILES string of the molecule is CC(=O)N[C@@H](Cc1ccc(O)cc1)C(=O)N[C@H](C(=O)N[C@@H](CCCC(N)C(=O)OCc1ccccc1)C(=O)O)C(C)C. The highest BCUT2D eigenvalue weighted by Crippen LogP contribution is 2.13. The number of carbonyl (C=O) groups is 5. The summed E-state index contributed by atoms with van der Waals surface area (Å²) in [4.78, 5) is 62.1. The molecule has 12 heteroatoms. The normalized spacial score (nSPS) is 13.7. The van der Waals surface area contributed by atoms with Crippen LogP contribution in [0.2, 0.25) is 0 Å². The van der Waals surface area contributed by atoms with Crippen LogP contribution < -0.4 is 21.7 Å². The second kappa shape index (κ2) is 16.7. The van der Waals surface area contributed by atoms with Crippen LogP contribution in [0.1, 0.15) is 51.2 Å². The predicted molar refractivity (Wildman–Crippen MR) is 154 cm³/mol. The first kappa shape index (κ1) is 33.8. The molecule has 0 spiro atoms. The van der Waals surface area contributed by atoms with Gasteiger partial charge in [0.2, 0.25) is 17.7 Å². The van der Waals surface area contributed by atoms with Gasteiger partial charge in [0.1, 0.15) is 36.5 Å². The number of phenols is 1. The Kier molecular flexibility index (Phi) is 13.4. The van der Waals surface area contributed by atoms with E-state index in [-0.39, 0.29) is 38.0 Å². The molecule has 2 aromatic carbocycles. The van der Waals surface area contributed by atoms with E-state index < -0.39 is 59.7 Å². The van der Waals surface area contributed by atoms with Crippen molar-refractivity contribution < 1.29 is 38.9 Å². The van der Waals surface area contributed by atoms with E-state index in [1.807, 2.05) is 30.3 Å². The number of hydrogen-bond donors (Lipinski definition) is 6. The summed E-state index contributed by atoms with van der Waals surface area (Å²) in [5.74, 6) is -4.04. The Hall–Kier alpha value is -4.45. The van der Waals surface area contributed by atoms with E-state index in [1.165, 1.54) is 19.1 Å². The van der Waals surface area contributed by atoms with E-state index in [1.54, 1.807) is 26.0 Å². The number of carboxylic acids is 1. The summed E-state index contributed by atoms with van der Waals surface area (Å²) in [5.41, 5.74) is 7.39. The Labute approximate surface area is 245 Å². The van der Waals surface area contributed by atoms with Gasteiger partial charge < -0.3 is 36.6 Å². The zero-order valence-electron chi connectivity index (χ0n) is 24.0. The Bertz CT molecular complexity index is 1200. The number of phenolic OH excluding ortho intramolecular Hbond substituents is 1. The van der Waals surface area contributed by atoms with Gasteiger partial charge in [-0.15, -0.1) is 0 Å². The number of carboxylic acid groups (broad SMARTS) is 1. The lowest BCUT2D eigenvalue weighted by Crippen LogP contribution is -2.57. The molecule has 0 heterocycles. The van der Waals surface area contributed by atoms with Crippen molar-refractivity contribution in [3.05, 3.63) is 65.7 Å². The van der Waals surface area contributed by atoms with Crippen LogP contribution in [0.25, 0.3) is 0 Å². The van der Waals surface area contributed by atoms with Crippen LogP contribution in [-0.4, -0.2) is 64.0 Å². The summed E-state index contributed by atoms with van der Waals surface area (Å²) in [6.45, 7) is 4.71. The number of hydrogen-bond acceptors (Lipinski definition) is 8. The van der Waals surface area contributed by atoms with Crippen LogP contribution in [0.3, 0.4) is 0 Å². The minimum atomic E-state index is -1.29. The monoisotopic (exact) mass is 584 g/mol. The van der Waals surface area contributed by atoms with Crippen molar-refractivity contribution >= 4 is 29.7 Å². The first-order chi connectivity index (χ1) is 19.9. The van der Waals surface area contributed by atoms with Gasteiger partial charge in [-0.3, -0.25) is 19.2 Å². The second-order valence-electron chi connectivity index (χ2n) is 10.4. The zero-order valence-corrected chi connectivity index (χ0v) is 24.0. The van der Waals surface area contributed by atoms with Gasteiger partial charge in [-0.05, 0) is 48.4 Å². The number of aromatic hydroxyl groups is 1. The molecule has 2 aromatic rings. The van der Waals surface area contributed by atoms with Crippen molar-refractivity contribution in [1.82, 2.24) is 16.0 Å². The van der Waals surface area contributed by atoms with Crippen molar-refractivity contribution in [2.75, 3.05) is 0 Å². The van der Waals surface area contributed by atoms with E-state index in [0.29, 0.717) is 5.56 Å². The number of aliphatic carboxylic acids is 1. The number of esters is 1. The topological polar surface area (TPSA) is 197 Å². The molecular formula is C30H40N4O8. The zero-order chi connectivity index (χ0) is 31.2. The fourth-order valence-electron chi connectivity index (χ4n) is 4.13. The molecule has 0 aliphatic carbocycles. The Morgan fingerprint density at radius 3 is 2.05 bits per heavy atom. The maximum Gasteiger partial charge on any atom is 0.326 e. The number of amides is 3. The lowest BCUT2D eigenvalue weighted by Gasteiger charge is -2.26. The van der Waals surface area contributed by atoms with Gasteiger partial charge in [0.15, 0.2) is 0 Å². The van der Waals surface area contributed by atoms with Crippen molar-refractivity contribution in [2.45, 2.75) is 77.2 Å². The van der Waals surface area contributed by atoms with Gasteiger partial charge in [-0.25, -0.2) is 4.79 Å². The molecule has 3 amide bonds. The highest BCUT2D eigenvalue weighted by molar-refractivity contribution is 5.93. The third-order valence-electron chi connectivity index (χ3n) is 6.47. The van der Waals surface area contributed by atoms with Crippen molar-refractivity contribution in [3.8, 4) is 5.75 Å². The van der Waals surface area contributed by atoms with Crippen LogP contribution in [0.15, 0.2) is 54.6 Å². The van der Waals surface area contributed by atoms with E-state index >= 15 is 0 Å². The van der Waals surface area contributed by atoms with Gasteiger partial charge >= 0.3 is 11.9 Å². The summed E-state index contributed by atoms with van der Waals surface area (Å²) >= 11 is 0. The highest BCUT2D eigenvalue weighted by atomic mass is 16.5. The minimum absolute atomic E-state index is 0.00509. The fourth-order valence-corrected chi connectivity index (χ4v) is 4.13. The van der Waals surface area contributed by atoms with Gasteiger partial charge in [0, 0.05) is 13.3 Å². The number of benzene rings is 2. The number of rotatable bonds is 16. The first-order valence-corrected chi connectivity index (χ1v) is 13.7. The van der Waals surface area contributed by atoms with E-state index in [4.69, 9.17) is 10.5 Å². The molecular weight excluding hydrogens is 544 g/mol. The first-order valence-electron chi connectivity index (χ1n) is 13.7. The van der Waals surface area contributed by atoms with Gasteiger partial charge in [-0.1, -0.05) is 56.3 Å². The molecule has 0 aliphatic rings. The Balaban J connectivity index is 1.95. The van der Waals surface area contributed by atoms with E-state index in [0.717, 1.165) is 5.56 Å². The largest absolute Gasteiger partial charge is 0.508 e. The van der Waals surface area contributed by atoms with Crippen LogP contribution in [-0.2, 0) is 41.7 Å². The molecule has 0 aliphatic heterocycles. The van der Waals surface area contributed by atoms with Crippen molar-refractivity contribution in [1.29, 1.82) is 0 Å². The lowest BCUT2D eigenvalue weighted by atomic mass is 9.99. The summed E-state index contributed by atoms with van der Waals surface area (Å²) in [6.07, 6.45) is 0.459. The van der Waals surface area contributed by atoms with Crippen LogP contribution in [0.4, 0.5) is 0 Å². The quantitative estimate of drug-likeness (QED) is 0.158.